The zero-order valence-corrected chi connectivity index (χ0v) is 49.7. The summed E-state index contributed by atoms with van der Waals surface area (Å²) < 4.78 is 83.4. The molecule has 0 spiro atoms. The number of fused-ring (bicyclic) bond motifs is 2. The van der Waals surface area contributed by atoms with E-state index < -0.39 is 25.0 Å². The van der Waals surface area contributed by atoms with Gasteiger partial charge in [0.2, 0.25) is 0 Å². The number of hydrogen-bond donors (Lipinski definition) is 2. The standard InChI is InChI=1S/C32H32F2N8O3.C30H33F2N9O3/c1-20(41-14-11-22(18-41)39(2)3)21-7-5-8-23(15-21)44-24-9-10-28(45-32(33)34)25(16-24)29-27(19-40(4)38-29)37-31(43)26-17-36-42-13-6-12-35-30(26)42;1-4-39-12-8-30(2,9-13-39)19-40-17-21(15-34-40)43-20-6-7-25(44-29(31)32)22(14-20)26-24(18-38(3)37-26)36-28(42)23-16-35-41-11-5-10-33-27(23)41/h5-10,12-13,15-17,19,22,32H,1,11,14,18H2,2-4H3,(H,37,43);5-7,10-11,14-18,29H,4,8-9,12-13,19H2,1-3H3,(H,36,42)/t22-;/m1./s1. The van der Waals surface area contributed by atoms with E-state index in [1.807, 2.05) is 35.1 Å². The van der Waals surface area contributed by atoms with Crippen LogP contribution in [0.3, 0.4) is 0 Å². The van der Waals surface area contributed by atoms with Crippen molar-refractivity contribution in [3.8, 4) is 57.0 Å². The Morgan fingerprint density at radius 1 is 0.697 bits per heavy atom. The number of aromatic nitrogens is 12. The van der Waals surface area contributed by atoms with Crippen LogP contribution in [0.25, 0.3) is 39.5 Å². The quantitative estimate of drug-likeness (QED) is 0.0678. The van der Waals surface area contributed by atoms with Gasteiger partial charge in [0.25, 0.3) is 11.8 Å². The minimum absolute atomic E-state index is 0.124. The molecule has 1 atom stereocenters. The summed E-state index contributed by atoms with van der Waals surface area (Å²) in [7, 11) is 7.48. The van der Waals surface area contributed by atoms with Gasteiger partial charge in [-0.05, 0) is 119 Å². The van der Waals surface area contributed by atoms with Crippen LogP contribution in [-0.4, -0.2) is 151 Å². The predicted molar refractivity (Wildman–Crippen MR) is 323 cm³/mol. The van der Waals surface area contributed by atoms with Crippen molar-refractivity contribution >= 4 is 40.2 Å². The predicted octanol–water partition coefficient (Wildman–Crippen LogP) is 10.5. The second-order valence-electron chi connectivity index (χ2n) is 22.2. The highest BCUT2D eigenvalue weighted by Gasteiger charge is 2.31. The molecular formula is C62H65F4N17O6. The number of amides is 2. The molecule has 12 rings (SSSR count). The van der Waals surface area contributed by atoms with Crippen LogP contribution in [0.5, 0.6) is 34.5 Å². The molecule has 3 aromatic carbocycles. The number of nitrogens with one attached hydrogen (secondary N) is 2. The number of halogens is 4. The molecule has 462 valence electrons. The molecule has 2 N–H and O–H groups in total. The molecule has 10 aromatic rings. The Bertz CT molecular complexity index is 4170. The topological polar surface area (TPSA) is 219 Å². The van der Waals surface area contributed by atoms with Gasteiger partial charge in [0.15, 0.2) is 17.0 Å². The lowest BCUT2D eigenvalue weighted by atomic mass is 9.80. The zero-order chi connectivity index (χ0) is 62.5. The van der Waals surface area contributed by atoms with Crippen molar-refractivity contribution in [3.63, 3.8) is 0 Å². The van der Waals surface area contributed by atoms with Gasteiger partial charge in [0.1, 0.15) is 51.3 Å². The fourth-order valence-electron chi connectivity index (χ4n) is 10.9. The van der Waals surface area contributed by atoms with Crippen molar-refractivity contribution in [2.75, 3.05) is 57.5 Å². The molecule has 2 saturated heterocycles. The van der Waals surface area contributed by atoms with Gasteiger partial charge in [-0.25, -0.2) is 19.0 Å². The van der Waals surface area contributed by atoms with Crippen molar-refractivity contribution in [1.82, 2.24) is 73.2 Å². The summed E-state index contributed by atoms with van der Waals surface area (Å²) in [5.41, 5.74) is 4.55. The van der Waals surface area contributed by atoms with E-state index in [0.29, 0.717) is 40.3 Å². The van der Waals surface area contributed by atoms with Crippen molar-refractivity contribution < 1.29 is 46.1 Å². The summed E-state index contributed by atoms with van der Waals surface area (Å²) in [6, 6.07) is 20.4. The second kappa shape index (κ2) is 26.1. The van der Waals surface area contributed by atoms with E-state index in [9.17, 15) is 27.2 Å². The van der Waals surface area contributed by atoms with Crippen LogP contribution >= 0.6 is 0 Å². The normalized spacial score (nSPS) is 15.0. The van der Waals surface area contributed by atoms with E-state index in [1.54, 1.807) is 81.7 Å². The smallest absolute Gasteiger partial charge is 0.387 e. The largest absolute Gasteiger partial charge is 0.457 e. The molecule has 2 fully saturated rings. The molecule has 0 radical (unpaired) electrons. The molecule has 9 heterocycles. The van der Waals surface area contributed by atoms with Crippen LogP contribution < -0.4 is 29.6 Å². The molecule has 0 unspecified atom stereocenters. The molecule has 2 amide bonds. The number of carbonyl (C=O) groups is 2. The number of rotatable bonds is 20. The van der Waals surface area contributed by atoms with Crippen molar-refractivity contribution in [1.29, 1.82) is 0 Å². The average molecular weight is 1220 g/mol. The number of ether oxygens (including phenoxy) is 4. The van der Waals surface area contributed by atoms with E-state index in [1.165, 1.54) is 55.1 Å². The summed E-state index contributed by atoms with van der Waals surface area (Å²) in [6.45, 7) is 8.40. The summed E-state index contributed by atoms with van der Waals surface area (Å²) in [4.78, 5) is 41.9. The Balaban J connectivity index is 0.000000184. The number of aryl methyl sites for hydroxylation is 2. The Hall–Kier alpha value is -10.2. The van der Waals surface area contributed by atoms with Gasteiger partial charge in [-0.3, -0.25) is 23.6 Å². The van der Waals surface area contributed by atoms with E-state index in [0.717, 1.165) is 69.8 Å². The lowest BCUT2D eigenvalue weighted by Gasteiger charge is -2.38. The Morgan fingerprint density at radius 2 is 1.24 bits per heavy atom. The number of hydrogen-bond acceptors (Lipinski definition) is 16. The first-order chi connectivity index (χ1) is 42.8. The average Bonchev–Trinajstić information content (AvgIpc) is 1.99. The van der Waals surface area contributed by atoms with Gasteiger partial charge in [-0.2, -0.15) is 43.1 Å². The Labute approximate surface area is 508 Å². The number of carbonyl (C=O) groups excluding carboxylic acids is 2. The van der Waals surface area contributed by atoms with Crippen molar-refractivity contribution in [2.24, 2.45) is 19.5 Å². The van der Waals surface area contributed by atoms with Gasteiger partial charge in [0.05, 0.1) is 47.3 Å². The fraction of sp³-hybridized carbons (Fsp3) is 0.306. The Morgan fingerprint density at radius 3 is 1.75 bits per heavy atom. The number of nitrogens with zero attached hydrogens (tertiary/aromatic N) is 15. The first kappa shape index (κ1) is 60.5. The van der Waals surface area contributed by atoms with Gasteiger partial charge < -0.3 is 44.3 Å². The van der Waals surface area contributed by atoms with Crippen LogP contribution in [0.15, 0.2) is 141 Å². The van der Waals surface area contributed by atoms with Crippen LogP contribution in [0.1, 0.15) is 59.4 Å². The Kier molecular flexibility index (Phi) is 17.7. The molecule has 7 aromatic heterocycles. The number of likely N-dealkylation sites (tertiary alicyclic amines) is 2. The zero-order valence-electron chi connectivity index (χ0n) is 49.7. The second-order valence-corrected chi connectivity index (χ2v) is 22.2. The van der Waals surface area contributed by atoms with Crippen LogP contribution in [-0.2, 0) is 20.6 Å². The van der Waals surface area contributed by atoms with Gasteiger partial charge >= 0.3 is 13.2 Å². The first-order valence-electron chi connectivity index (χ1n) is 28.6. The van der Waals surface area contributed by atoms with Crippen LogP contribution in [0, 0.1) is 5.41 Å². The third-order valence-corrected chi connectivity index (χ3v) is 15.6. The molecule has 27 heteroatoms. The van der Waals surface area contributed by atoms with Crippen LogP contribution in [0.2, 0.25) is 0 Å². The van der Waals surface area contributed by atoms with Crippen molar-refractivity contribution in [2.45, 2.75) is 58.9 Å². The molecule has 0 saturated carbocycles. The SMILES string of the molecule is C=C(c1cccc(Oc2ccc(OC(F)F)c(-c3nn(C)cc3NC(=O)c3cnn4cccnc34)c2)c1)N1CC[C@@H](N(C)C)C1.CCN1CCC(C)(Cn2cc(Oc3ccc(OC(F)F)c(-c4nn(C)cc4NC(=O)c4cnn5cccnc45)c3)cn2)CC1. The third kappa shape index (κ3) is 14.0. The molecule has 0 bridgehead atoms. The molecule has 0 aliphatic carbocycles. The summed E-state index contributed by atoms with van der Waals surface area (Å²) in [5, 5.41) is 27.3. The highest BCUT2D eigenvalue weighted by atomic mass is 19.3. The molecule has 2 aliphatic heterocycles. The van der Waals surface area contributed by atoms with Gasteiger partial charge in [-0.15, -0.1) is 0 Å². The van der Waals surface area contributed by atoms with E-state index in [-0.39, 0.29) is 61.9 Å². The van der Waals surface area contributed by atoms with Gasteiger partial charge in [-0.1, -0.05) is 32.6 Å². The maximum atomic E-state index is 13.5. The molecule has 23 nitrogen and oxygen atoms in total. The first-order valence-corrected chi connectivity index (χ1v) is 28.6. The minimum Gasteiger partial charge on any atom is -0.457 e. The maximum absolute atomic E-state index is 13.5. The van der Waals surface area contributed by atoms with Crippen molar-refractivity contribution in [3.05, 3.63) is 158 Å². The van der Waals surface area contributed by atoms with E-state index in [4.69, 9.17) is 18.9 Å². The van der Waals surface area contributed by atoms with Gasteiger partial charge in [0, 0.05) is 88.2 Å². The molecule has 2 aliphatic rings. The number of alkyl halides is 4. The lowest BCUT2D eigenvalue weighted by molar-refractivity contribution is -0.0501. The third-order valence-electron chi connectivity index (χ3n) is 15.6. The lowest BCUT2D eigenvalue weighted by Crippen LogP contribution is -2.40. The summed E-state index contributed by atoms with van der Waals surface area (Å²) in [5.74, 6) is 0.532. The molecular weight excluding hydrogens is 1150 g/mol. The highest BCUT2D eigenvalue weighted by Crippen LogP contribution is 2.42. The monoisotopic (exact) mass is 1220 g/mol. The molecule has 89 heavy (non-hydrogen) atoms. The van der Waals surface area contributed by atoms with Crippen LogP contribution in [0.4, 0.5) is 28.9 Å². The maximum Gasteiger partial charge on any atom is 0.387 e. The fourth-order valence-corrected chi connectivity index (χ4v) is 10.9. The summed E-state index contributed by atoms with van der Waals surface area (Å²) >= 11 is 0. The van der Waals surface area contributed by atoms with E-state index >= 15 is 0 Å². The number of benzene rings is 3. The highest BCUT2D eigenvalue weighted by molar-refractivity contribution is 6.10. The number of anilines is 2. The number of piperidine rings is 1. The number of likely N-dealkylation sites (N-methyl/N-ethyl adjacent to an activating group) is 1. The summed E-state index contributed by atoms with van der Waals surface area (Å²) in [6.07, 6.45) is 19.1. The minimum atomic E-state index is -3.08. The van der Waals surface area contributed by atoms with E-state index in [2.05, 4.69) is 95.3 Å².